The number of nitrogens with one attached hydrogen (secondary N) is 1. The van der Waals surface area contributed by atoms with E-state index in [1.54, 1.807) is 7.11 Å². The number of piperidine rings is 2. The van der Waals surface area contributed by atoms with E-state index in [1.165, 1.54) is 19.3 Å². The number of hydrogen-bond acceptors (Lipinski definition) is 4. The zero-order chi connectivity index (χ0) is 15.4. The van der Waals surface area contributed by atoms with Crippen LogP contribution in [0.15, 0.2) is 24.3 Å². The summed E-state index contributed by atoms with van der Waals surface area (Å²) < 4.78 is 10.9. The molecule has 2 fully saturated rings. The van der Waals surface area contributed by atoms with Crippen molar-refractivity contribution in [2.45, 2.75) is 50.6 Å². The van der Waals surface area contributed by atoms with Gasteiger partial charge in [-0.05, 0) is 37.8 Å². The minimum Gasteiger partial charge on any atom is -0.497 e. The Kier molecular flexibility index (Phi) is 4.98. The zero-order valence-electron chi connectivity index (χ0n) is 13.2. The fourth-order valence-corrected chi connectivity index (χ4v) is 3.69. The summed E-state index contributed by atoms with van der Waals surface area (Å²) in [6, 6.07) is 8.62. The molecule has 2 bridgehead atoms. The molecule has 0 saturated carbocycles. The van der Waals surface area contributed by atoms with E-state index in [9.17, 15) is 4.79 Å². The van der Waals surface area contributed by atoms with Crippen LogP contribution in [-0.4, -0.2) is 31.6 Å². The summed E-state index contributed by atoms with van der Waals surface area (Å²) in [6.45, 7) is 0.450. The molecule has 0 amide bonds. The molecule has 1 aromatic rings. The highest BCUT2D eigenvalue weighted by atomic mass is 16.5. The molecule has 2 aliphatic rings. The molecule has 0 spiro atoms. The van der Waals surface area contributed by atoms with Crippen molar-refractivity contribution < 1.29 is 14.3 Å². The molecule has 3 rings (SSSR count). The Morgan fingerprint density at radius 3 is 2.68 bits per heavy atom. The van der Waals surface area contributed by atoms with Crippen LogP contribution < -0.4 is 14.8 Å². The van der Waals surface area contributed by atoms with Crippen molar-refractivity contribution in [3.63, 3.8) is 0 Å². The number of ether oxygens (including phenoxy) is 2. The summed E-state index contributed by atoms with van der Waals surface area (Å²) in [5.41, 5.74) is 0. The van der Waals surface area contributed by atoms with E-state index in [0.29, 0.717) is 30.9 Å². The largest absolute Gasteiger partial charge is 0.497 e. The third kappa shape index (κ3) is 3.80. The van der Waals surface area contributed by atoms with Gasteiger partial charge in [-0.2, -0.15) is 0 Å². The highest BCUT2D eigenvalue weighted by molar-refractivity contribution is 5.81. The van der Waals surface area contributed by atoms with E-state index in [0.717, 1.165) is 24.3 Å². The molecule has 0 aliphatic carbocycles. The number of ketones is 1. The molecule has 2 aliphatic heterocycles. The standard InChI is InChI=1S/C18H25NO3/c1-21-16-6-3-7-17(12-16)22-9-8-18(20)13-10-14-4-2-5-15(11-13)19-14/h3,6-7,12-15,19H,2,4-5,8-11H2,1H3. The minimum atomic E-state index is 0.227. The number of methoxy groups -OCH3 is 1. The van der Waals surface area contributed by atoms with Crippen LogP contribution >= 0.6 is 0 Å². The van der Waals surface area contributed by atoms with Gasteiger partial charge < -0.3 is 14.8 Å². The van der Waals surface area contributed by atoms with Crippen LogP contribution in [0.25, 0.3) is 0 Å². The van der Waals surface area contributed by atoms with Crippen LogP contribution in [0.1, 0.15) is 38.5 Å². The molecular weight excluding hydrogens is 278 g/mol. The third-order valence-electron chi connectivity index (χ3n) is 4.83. The van der Waals surface area contributed by atoms with Crippen LogP contribution in [0.5, 0.6) is 11.5 Å². The quantitative estimate of drug-likeness (QED) is 0.878. The summed E-state index contributed by atoms with van der Waals surface area (Å²) in [4.78, 5) is 12.4. The first-order chi connectivity index (χ1) is 10.7. The number of carbonyl (C=O) groups is 1. The highest BCUT2D eigenvalue weighted by Crippen LogP contribution is 2.30. The predicted molar refractivity (Wildman–Crippen MR) is 85.4 cm³/mol. The topological polar surface area (TPSA) is 47.6 Å². The average Bonchev–Trinajstić information content (AvgIpc) is 2.54. The van der Waals surface area contributed by atoms with Crippen molar-refractivity contribution in [3.05, 3.63) is 24.3 Å². The van der Waals surface area contributed by atoms with E-state index >= 15 is 0 Å². The third-order valence-corrected chi connectivity index (χ3v) is 4.83. The van der Waals surface area contributed by atoms with Gasteiger partial charge in [-0.25, -0.2) is 0 Å². The Morgan fingerprint density at radius 1 is 1.23 bits per heavy atom. The number of carbonyl (C=O) groups excluding carboxylic acids is 1. The molecular formula is C18H25NO3. The molecule has 2 saturated heterocycles. The Balaban J connectivity index is 1.46. The first kappa shape index (κ1) is 15.3. The van der Waals surface area contributed by atoms with Crippen LogP contribution in [0.2, 0.25) is 0 Å². The summed E-state index contributed by atoms with van der Waals surface area (Å²) in [5.74, 6) is 2.12. The average molecular weight is 303 g/mol. The molecule has 22 heavy (non-hydrogen) atoms. The SMILES string of the molecule is COc1cccc(OCCC(=O)C2CC3CCCC(C2)N3)c1. The normalized spacial score (nSPS) is 27.2. The second-order valence-corrected chi connectivity index (χ2v) is 6.40. The van der Waals surface area contributed by atoms with Gasteiger partial charge in [-0.3, -0.25) is 4.79 Å². The monoisotopic (exact) mass is 303 g/mol. The lowest BCUT2D eigenvalue weighted by atomic mass is 9.78. The van der Waals surface area contributed by atoms with Gasteiger partial charge >= 0.3 is 0 Å². The zero-order valence-corrected chi connectivity index (χ0v) is 13.2. The molecule has 1 N–H and O–H groups in total. The Hall–Kier alpha value is -1.55. The molecule has 0 aromatic heterocycles. The number of fused-ring (bicyclic) bond motifs is 2. The molecule has 120 valence electrons. The maximum atomic E-state index is 12.4. The first-order valence-electron chi connectivity index (χ1n) is 8.30. The van der Waals surface area contributed by atoms with Gasteiger partial charge in [-0.1, -0.05) is 12.5 Å². The van der Waals surface area contributed by atoms with Gasteiger partial charge in [-0.15, -0.1) is 0 Å². The molecule has 1 aromatic carbocycles. The van der Waals surface area contributed by atoms with Gasteiger partial charge in [0, 0.05) is 30.5 Å². The molecule has 2 heterocycles. The van der Waals surface area contributed by atoms with E-state index < -0.39 is 0 Å². The van der Waals surface area contributed by atoms with Crippen LogP contribution in [0, 0.1) is 5.92 Å². The Labute approximate surface area is 132 Å². The van der Waals surface area contributed by atoms with Gasteiger partial charge in [0.05, 0.1) is 13.7 Å². The van der Waals surface area contributed by atoms with E-state index in [1.807, 2.05) is 24.3 Å². The second-order valence-electron chi connectivity index (χ2n) is 6.40. The highest BCUT2D eigenvalue weighted by Gasteiger charge is 2.34. The van der Waals surface area contributed by atoms with Crippen molar-refractivity contribution in [1.29, 1.82) is 0 Å². The van der Waals surface area contributed by atoms with Crippen LogP contribution in [0.3, 0.4) is 0 Å². The maximum absolute atomic E-state index is 12.4. The maximum Gasteiger partial charge on any atom is 0.139 e. The number of benzene rings is 1. The molecule has 4 nitrogen and oxygen atoms in total. The van der Waals surface area contributed by atoms with Crippen LogP contribution in [-0.2, 0) is 4.79 Å². The summed E-state index contributed by atoms with van der Waals surface area (Å²) in [7, 11) is 1.64. The van der Waals surface area contributed by atoms with Crippen molar-refractivity contribution in [1.82, 2.24) is 5.32 Å². The lowest BCUT2D eigenvalue weighted by Crippen LogP contribution is -2.50. The van der Waals surface area contributed by atoms with Crippen molar-refractivity contribution >= 4 is 5.78 Å². The predicted octanol–water partition coefficient (Wildman–Crippen LogP) is 2.95. The van der Waals surface area contributed by atoms with Crippen LogP contribution in [0.4, 0.5) is 0 Å². The van der Waals surface area contributed by atoms with Crippen molar-refractivity contribution in [3.8, 4) is 11.5 Å². The van der Waals surface area contributed by atoms with Gasteiger partial charge in [0.15, 0.2) is 0 Å². The summed E-state index contributed by atoms with van der Waals surface area (Å²) >= 11 is 0. The van der Waals surface area contributed by atoms with Gasteiger partial charge in [0.1, 0.15) is 17.3 Å². The number of hydrogen-bond donors (Lipinski definition) is 1. The number of rotatable bonds is 6. The molecule has 4 heteroatoms. The minimum absolute atomic E-state index is 0.227. The summed E-state index contributed by atoms with van der Waals surface area (Å²) in [6.07, 6.45) is 6.27. The van der Waals surface area contributed by atoms with Crippen molar-refractivity contribution in [2.75, 3.05) is 13.7 Å². The van der Waals surface area contributed by atoms with Gasteiger partial charge in [0.2, 0.25) is 0 Å². The smallest absolute Gasteiger partial charge is 0.139 e. The molecule has 2 unspecified atom stereocenters. The van der Waals surface area contributed by atoms with Crippen molar-refractivity contribution in [2.24, 2.45) is 5.92 Å². The fraction of sp³-hybridized carbons (Fsp3) is 0.611. The number of Topliss-reactive ketones (excluding diaryl/α,β-unsaturated/α-hetero) is 1. The molecule has 0 radical (unpaired) electrons. The lowest BCUT2D eigenvalue weighted by molar-refractivity contribution is -0.125. The van der Waals surface area contributed by atoms with E-state index in [2.05, 4.69) is 5.32 Å². The Bertz CT molecular complexity index is 505. The second kappa shape index (κ2) is 7.14. The summed E-state index contributed by atoms with van der Waals surface area (Å²) in [5, 5.41) is 3.63. The lowest BCUT2D eigenvalue weighted by Gasteiger charge is -2.39. The molecule has 2 atom stereocenters. The Morgan fingerprint density at radius 2 is 1.95 bits per heavy atom. The fourth-order valence-electron chi connectivity index (χ4n) is 3.69. The van der Waals surface area contributed by atoms with Gasteiger partial charge in [0.25, 0.3) is 0 Å². The first-order valence-corrected chi connectivity index (χ1v) is 8.30. The van der Waals surface area contributed by atoms with E-state index in [-0.39, 0.29) is 5.92 Å². The van der Waals surface area contributed by atoms with E-state index in [4.69, 9.17) is 9.47 Å².